The Balaban J connectivity index is 2.45. The van der Waals surface area contributed by atoms with Crippen molar-refractivity contribution in [3.05, 3.63) is 0 Å². The molecule has 66 valence electrons. The third-order valence-electron chi connectivity index (χ3n) is 2.39. The Morgan fingerprint density at radius 3 is 2.82 bits per heavy atom. The first-order chi connectivity index (χ1) is 5.29. The monoisotopic (exact) mass is 160 g/mol. The van der Waals surface area contributed by atoms with Crippen LogP contribution in [-0.4, -0.2) is 35.6 Å². The van der Waals surface area contributed by atoms with Gasteiger partial charge in [-0.3, -0.25) is 0 Å². The summed E-state index contributed by atoms with van der Waals surface area (Å²) in [6, 6.07) is 0. The van der Waals surface area contributed by atoms with Crippen molar-refractivity contribution in [3.8, 4) is 0 Å². The van der Waals surface area contributed by atoms with Crippen LogP contribution >= 0.6 is 0 Å². The highest BCUT2D eigenvalue weighted by atomic mass is 16.5. The Kier molecular flexibility index (Phi) is 3.30. The van der Waals surface area contributed by atoms with Crippen LogP contribution in [-0.2, 0) is 4.74 Å². The fourth-order valence-corrected chi connectivity index (χ4v) is 1.55. The van der Waals surface area contributed by atoms with E-state index in [0.29, 0.717) is 12.5 Å². The Morgan fingerprint density at radius 2 is 2.27 bits per heavy atom. The highest BCUT2D eigenvalue weighted by molar-refractivity contribution is 4.79. The lowest BCUT2D eigenvalue weighted by molar-refractivity contribution is -0.122. The number of aliphatic hydroxyl groups excluding tert-OH is 2. The molecular formula is C8H16O3. The molecule has 1 saturated heterocycles. The van der Waals surface area contributed by atoms with Gasteiger partial charge in [-0.15, -0.1) is 0 Å². The molecule has 0 bridgehead atoms. The Hall–Kier alpha value is -0.120. The Bertz CT molecular complexity index is 104. The second-order valence-corrected chi connectivity index (χ2v) is 3.04. The summed E-state index contributed by atoms with van der Waals surface area (Å²) in [5.74, 6) is 0.306. The fourth-order valence-electron chi connectivity index (χ4n) is 1.55. The van der Waals surface area contributed by atoms with E-state index in [1.807, 2.05) is 6.92 Å². The van der Waals surface area contributed by atoms with E-state index in [4.69, 9.17) is 9.84 Å². The molecule has 0 aromatic heterocycles. The second kappa shape index (κ2) is 4.04. The van der Waals surface area contributed by atoms with Crippen LogP contribution in [0.1, 0.15) is 19.8 Å². The van der Waals surface area contributed by atoms with Crippen LogP contribution in [0.25, 0.3) is 0 Å². The zero-order valence-electron chi connectivity index (χ0n) is 6.86. The minimum absolute atomic E-state index is 0.0718. The van der Waals surface area contributed by atoms with E-state index in [1.54, 1.807) is 0 Å². The maximum absolute atomic E-state index is 9.54. The van der Waals surface area contributed by atoms with Crippen molar-refractivity contribution < 1.29 is 14.9 Å². The molecule has 0 saturated carbocycles. The molecule has 0 aromatic carbocycles. The van der Waals surface area contributed by atoms with Gasteiger partial charge in [-0.2, -0.15) is 0 Å². The van der Waals surface area contributed by atoms with Gasteiger partial charge in [0.2, 0.25) is 0 Å². The minimum atomic E-state index is -0.473. The molecule has 3 unspecified atom stereocenters. The average molecular weight is 160 g/mol. The van der Waals surface area contributed by atoms with Crippen LogP contribution in [0.5, 0.6) is 0 Å². The molecule has 3 nitrogen and oxygen atoms in total. The van der Waals surface area contributed by atoms with E-state index in [0.717, 1.165) is 12.8 Å². The van der Waals surface area contributed by atoms with E-state index in [2.05, 4.69) is 0 Å². The highest BCUT2D eigenvalue weighted by Gasteiger charge is 2.30. The first-order valence-electron chi connectivity index (χ1n) is 4.20. The van der Waals surface area contributed by atoms with Crippen LogP contribution in [0, 0.1) is 5.92 Å². The predicted octanol–water partition coefficient (Wildman–Crippen LogP) is 0.155. The second-order valence-electron chi connectivity index (χ2n) is 3.04. The molecule has 1 rings (SSSR count). The van der Waals surface area contributed by atoms with Crippen molar-refractivity contribution in [3.63, 3.8) is 0 Å². The summed E-state index contributed by atoms with van der Waals surface area (Å²) in [5.41, 5.74) is 0. The van der Waals surface area contributed by atoms with Crippen molar-refractivity contribution >= 4 is 0 Å². The number of hydrogen-bond acceptors (Lipinski definition) is 3. The molecule has 0 amide bonds. The number of rotatable bonds is 2. The minimum Gasteiger partial charge on any atom is -0.394 e. The number of hydrogen-bond donors (Lipinski definition) is 2. The zero-order chi connectivity index (χ0) is 8.27. The normalized spacial score (nSPS) is 39.0. The lowest BCUT2D eigenvalue weighted by Gasteiger charge is -2.33. The molecule has 1 heterocycles. The van der Waals surface area contributed by atoms with Gasteiger partial charge in [0.05, 0.1) is 12.7 Å². The maximum atomic E-state index is 9.54. The van der Waals surface area contributed by atoms with E-state index >= 15 is 0 Å². The van der Waals surface area contributed by atoms with Crippen molar-refractivity contribution in [2.45, 2.75) is 32.0 Å². The molecular weight excluding hydrogens is 144 g/mol. The molecule has 0 radical (unpaired) electrons. The van der Waals surface area contributed by atoms with E-state index in [9.17, 15) is 5.11 Å². The zero-order valence-corrected chi connectivity index (χ0v) is 6.86. The summed E-state index contributed by atoms with van der Waals surface area (Å²) >= 11 is 0. The van der Waals surface area contributed by atoms with Crippen LogP contribution in [0.15, 0.2) is 0 Å². The van der Waals surface area contributed by atoms with Gasteiger partial charge in [0.1, 0.15) is 6.10 Å². The van der Waals surface area contributed by atoms with E-state index in [1.165, 1.54) is 0 Å². The first-order valence-corrected chi connectivity index (χ1v) is 4.20. The van der Waals surface area contributed by atoms with Crippen LogP contribution in [0.2, 0.25) is 0 Å². The van der Waals surface area contributed by atoms with E-state index in [-0.39, 0.29) is 12.7 Å². The summed E-state index contributed by atoms with van der Waals surface area (Å²) in [5, 5.41) is 18.3. The van der Waals surface area contributed by atoms with Gasteiger partial charge in [-0.05, 0) is 12.3 Å². The van der Waals surface area contributed by atoms with Gasteiger partial charge in [0, 0.05) is 6.61 Å². The predicted molar refractivity (Wildman–Crippen MR) is 41.2 cm³/mol. The van der Waals surface area contributed by atoms with Crippen LogP contribution in [0.4, 0.5) is 0 Å². The largest absolute Gasteiger partial charge is 0.394 e. The van der Waals surface area contributed by atoms with Gasteiger partial charge in [0.15, 0.2) is 0 Å². The molecule has 3 atom stereocenters. The molecule has 0 spiro atoms. The third kappa shape index (κ3) is 1.92. The topological polar surface area (TPSA) is 49.7 Å². The van der Waals surface area contributed by atoms with Crippen molar-refractivity contribution in [1.82, 2.24) is 0 Å². The quantitative estimate of drug-likeness (QED) is 0.604. The summed E-state index contributed by atoms with van der Waals surface area (Å²) in [4.78, 5) is 0. The van der Waals surface area contributed by atoms with Crippen molar-refractivity contribution in [1.29, 1.82) is 0 Å². The van der Waals surface area contributed by atoms with Crippen LogP contribution < -0.4 is 0 Å². The standard InChI is InChI=1S/C8H16O3/c1-2-6-3-4-11-7(5-9)8(6)10/h6-10H,2-5H2,1H3. The SMILES string of the molecule is CCC1CCOC(CO)C1O. The summed E-state index contributed by atoms with van der Waals surface area (Å²) in [6.07, 6.45) is 1.04. The third-order valence-corrected chi connectivity index (χ3v) is 2.39. The average Bonchev–Trinajstić information content (AvgIpc) is 2.05. The first kappa shape index (κ1) is 8.97. The molecule has 3 heteroatoms. The number of aliphatic hydroxyl groups is 2. The van der Waals surface area contributed by atoms with Gasteiger partial charge in [-0.1, -0.05) is 13.3 Å². The Morgan fingerprint density at radius 1 is 1.55 bits per heavy atom. The molecule has 1 aliphatic rings. The highest BCUT2D eigenvalue weighted by Crippen LogP contribution is 2.22. The summed E-state index contributed by atoms with van der Waals surface area (Å²) < 4.78 is 5.17. The Labute approximate surface area is 67.0 Å². The summed E-state index contributed by atoms with van der Waals surface area (Å²) in [6.45, 7) is 2.64. The molecule has 0 aliphatic carbocycles. The van der Waals surface area contributed by atoms with Crippen molar-refractivity contribution in [2.24, 2.45) is 5.92 Å². The number of ether oxygens (including phenoxy) is 1. The van der Waals surface area contributed by atoms with Gasteiger partial charge < -0.3 is 14.9 Å². The molecule has 11 heavy (non-hydrogen) atoms. The van der Waals surface area contributed by atoms with Crippen LogP contribution in [0.3, 0.4) is 0 Å². The smallest absolute Gasteiger partial charge is 0.107 e. The lowest BCUT2D eigenvalue weighted by atomic mass is 9.90. The van der Waals surface area contributed by atoms with Gasteiger partial charge in [-0.25, -0.2) is 0 Å². The molecule has 2 N–H and O–H groups in total. The van der Waals surface area contributed by atoms with Crippen molar-refractivity contribution in [2.75, 3.05) is 13.2 Å². The summed E-state index contributed by atoms with van der Waals surface area (Å²) in [7, 11) is 0. The molecule has 1 fully saturated rings. The van der Waals surface area contributed by atoms with Gasteiger partial charge in [0.25, 0.3) is 0 Å². The maximum Gasteiger partial charge on any atom is 0.107 e. The fraction of sp³-hybridized carbons (Fsp3) is 1.00. The lowest BCUT2D eigenvalue weighted by Crippen LogP contribution is -2.42. The molecule has 0 aromatic rings. The van der Waals surface area contributed by atoms with E-state index < -0.39 is 6.10 Å². The van der Waals surface area contributed by atoms with Gasteiger partial charge >= 0.3 is 0 Å². The molecule has 1 aliphatic heterocycles.